The molecule has 73 heavy (non-hydrogen) atoms. The van der Waals surface area contributed by atoms with Gasteiger partial charge in [-0.15, -0.1) is 47.0 Å². The molecule has 0 aromatic heterocycles. The molecule has 1 aliphatic heterocycles. The van der Waals surface area contributed by atoms with Crippen molar-refractivity contribution in [2.24, 2.45) is 0 Å². The number of aliphatic hydroxyl groups is 1. The van der Waals surface area contributed by atoms with E-state index in [9.17, 15) is 20.4 Å². The number of fused-ring (bicyclic) bond motifs is 1. The van der Waals surface area contributed by atoms with E-state index in [1.54, 1.807) is 23.5 Å². The Hall–Kier alpha value is -2.56. The fourth-order valence-electron chi connectivity index (χ4n) is 10.2. The van der Waals surface area contributed by atoms with Crippen molar-refractivity contribution < 1.29 is 25.2 Å². The standard InChI is InChI=1S/C64H96O5S4/c1-55(2,3)43-31-39(32-44(51(43)66)56(4,5)6)70-63(21,22)72-41-35-47(53(68)48(36-41)61(17,18)27-29-65)60(15,16)26-25-59(13,14)46-34-40(33-45(52(46)67)57(7,8)9)71-64(23,24)73-42-37-49(58(10,11)12)54-50(38-42)62(19,20)28-30-69-54/h31-38,65-68H,25-30H2,1-24H3. The predicted molar refractivity (Wildman–Crippen MR) is 320 cm³/mol. The van der Waals surface area contributed by atoms with Crippen LogP contribution in [0.2, 0.25) is 0 Å². The molecule has 4 aromatic carbocycles. The molecule has 0 fully saturated rings. The van der Waals surface area contributed by atoms with E-state index in [1.165, 1.54) is 16.0 Å². The minimum absolute atomic E-state index is 0.0122. The molecular formula is C64H96O5S4. The van der Waals surface area contributed by atoms with E-state index in [-0.39, 0.29) is 41.8 Å². The molecule has 4 aromatic rings. The van der Waals surface area contributed by atoms with E-state index in [0.29, 0.717) is 23.7 Å². The summed E-state index contributed by atoms with van der Waals surface area (Å²) in [6.45, 7) is 54.0. The van der Waals surface area contributed by atoms with Crippen molar-refractivity contribution in [3.63, 3.8) is 0 Å². The van der Waals surface area contributed by atoms with Gasteiger partial charge in [0.1, 0.15) is 23.0 Å². The van der Waals surface area contributed by atoms with Gasteiger partial charge in [0.2, 0.25) is 0 Å². The molecule has 0 bridgehead atoms. The van der Waals surface area contributed by atoms with Crippen LogP contribution in [0.5, 0.6) is 23.0 Å². The summed E-state index contributed by atoms with van der Waals surface area (Å²) in [5.41, 5.74) is 5.84. The number of hydrogen-bond donors (Lipinski definition) is 4. The molecule has 0 saturated carbocycles. The van der Waals surface area contributed by atoms with Crippen LogP contribution in [0.4, 0.5) is 0 Å². The maximum Gasteiger partial charge on any atom is 0.126 e. The first-order valence-electron chi connectivity index (χ1n) is 26.6. The highest BCUT2D eigenvalue weighted by Gasteiger charge is 2.39. The number of ether oxygens (including phenoxy) is 1. The van der Waals surface area contributed by atoms with Gasteiger partial charge >= 0.3 is 0 Å². The first kappa shape index (κ1) is 61.3. The Balaban J connectivity index is 1.51. The number of phenols is 3. The van der Waals surface area contributed by atoms with Crippen LogP contribution in [0, 0.1) is 0 Å². The molecular weight excluding hydrogens is 977 g/mol. The maximum absolute atomic E-state index is 12.4. The van der Waals surface area contributed by atoms with Gasteiger partial charge in [-0.25, -0.2) is 0 Å². The van der Waals surface area contributed by atoms with E-state index in [1.807, 2.05) is 23.5 Å². The molecule has 406 valence electrons. The number of phenolic OH excluding ortho intramolecular Hbond substituents is 3. The summed E-state index contributed by atoms with van der Waals surface area (Å²) in [4.78, 5) is 4.55. The number of aromatic hydroxyl groups is 3. The van der Waals surface area contributed by atoms with Gasteiger partial charge in [-0.2, -0.15) is 0 Å². The van der Waals surface area contributed by atoms with Crippen molar-refractivity contribution in [1.29, 1.82) is 0 Å². The van der Waals surface area contributed by atoms with Gasteiger partial charge in [-0.05, 0) is 145 Å². The topological polar surface area (TPSA) is 90.2 Å². The van der Waals surface area contributed by atoms with Crippen LogP contribution in [0.15, 0.2) is 68.1 Å². The maximum atomic E-state index is 12.4. The SMILES string of the molecule is CC(C)(Sc1cc(C(C)(C)C)c(O)c(C(C)(C)C)c1)Sc1cc(C(C)(C)CCO)c(O)c(C(C)(C)CCC(C)(C)c2cc(SC(C)(C)Sc3cc(C(C)(C)C)c4c(c3)C(C)(C)CCO4)cc(C(C)(C)C)c2O)c1. The zero-order valence-electron chi connectivity index (χ0n) is 49.7. The summed E-state index contributed by atoms with van der Waals surface area (Å²) in [7, 11) is 0. The Morgan fingerprint density at radius 3 is 1.01 bits per heavy atom. The second-order valence-corrected chi connectivity index (χ2v) is 36.1. The number of aliphatic hydroxyl groups excluding tert-OH is 1. The average molecular weight is 1070 g/mol. The van der Waals surface area contributed by atoms with E-state index in [0.717, 1.165) is 79.7 Å². The fraction of sp³-hybridized carbons (Fsp3) is 0.625. The van der Waals surface area contributed by atoms with Crippen LogP contribution < -0.4 is 4.74 Å². The number of rotatable bonds is 16. The molecule has 1 aliphatic rings. The van der Waals surface area contributed by atoms with Crippen LogP contribution in [-0.4, -0.2) is 41.8 Å². The summed E-state index contributed by atoms with van der Waals surface area (Å²) in [6.07, 6.45) is 3.00. The van der Waals surface area contributed by atoms with E-state index in [4.69, 9.17) is 4.74 Å². The van der Waals surface area contributed by atoms with Gasteiger partial charge < -0.3 is 25.2 Å². The largest absolute Gasteiger partial charge is 0.507 e. The molecule has 9 heteroatoms. The lowest BCUT2D eigenvalue weighted by molar-refractivity contribution is 0.228. The van der Waals surface area contributed by atoms with E-state index in [2.05, 4.69) is 215 Å². The smallest absolute Gasteiger partial charge is 0.126 e. The zero-order chi connectivity index (χ0) is 55.7. The van der Waals surface area contributed by atoms with Crippen LogP contribution in [-0.2, 0) is 43.3 Å². The summed E-state index contributed by atoms with van der Waals surface area (Å²) >= 11 is 7.33. The first-order chi connectivity index (χ1) is 32.8. The lowest BCUT2D eigenvalue weighted by atomic mass is 9.70. The highest BCUT2D eigenvalue weighted by atomic mass is 32.2. The molecule has 0 amide bonds. The van der Waals surface area contributed by atoms with Gasteiger partial charge in [0.25, 0.3) is 0 Å². The summed E-state index contributed by atoms with van der Waals surface area (Å²) in [5, 5.41) is 46.5. The molecule has 0 radical (unpaired) electrons. The third-order valence-electron chi connectivity index (χ3n) is 15.0. The second-order valence-electron chi connectivity index (χ2n) is 28.8. The van der Waals surface area contributed by atoms with Gasteiger partial charge in [-0.1, -0.05) is 138 Å². The molecule has 5 nitrogen and oxygen atoms in total. The van der Waals surface area contributed by atoms with Crippen LogP contribution >= 0.6 is 47.0 Å². The number of benzene rings is 4. The summed E-state index contributed by atoms with van der Waals surface area (Å²) in [6, 6.07) is 17.8. The van der Waals surface area contributed by atoms with Crippen molar-refractivity contribution in [2.45, 2.75) is 263 Å². The van der Waals surface area contributed by atoms with Gasteiger partial charge in [0, 0.05) is 70.7 Å². The van der Waals surface area contributed by atoms with Crippen LogP contribution in [0.1, 0.15) is 236 Å². The monoisotopic (exact) mass is 1070 g/mol. The first-order valence-corrected chi connectivity index (χ1v) is 29.9. The van der Waals surface area contributed by atoms with Crippen molar-refractivity contribution >= 4 is 47.0 Å². The molecule has 0 unspecified atom stereocenters. The summed E-state index contributed by atoms with van der Waals surface area (Å²) in [5.74, 6) is 2.10. The molecule has 0 spiro atoms. The Kier molecular flexibility index (Phi) is 17.6. The molecule has 5 rings (SSSR count). The Bertz CT molecular complexity index is 2590. The van der Waals surface area contributed by atoms with Crippen molar-refractivity contribution in [3.05, 3.63) is 93.0 Å². The molecule has 0 aliphatic carbocycles. The van der Waals surface area contributed by atoms with Gasteiger partial charge in [-0.3, -0.25) is 0 Å². The van der Waals surface area contributed by atoms with Crippen LogP contribution in [0.25, 0.3) is 0 Å². The normalized spacial score (nSPS) is 15.4. The van der Waals surface area contributed by atoms with E-state index < -0.39 is 16.2 Å². The zero-order valence-corrected chi connectivity index (χ0v) is 53.0. The van der Waals surface area contributed by atoms with Gasteiger partial charge in [0.15, 0.2) is 0 Å². The minimum atomic E-state index is -0.490. The van der Waals surface area contributed by atoms with Crippen molar-refractivity contribution in [3.8, 4) is 23.0 Å². The van der Waals surface area contributed by atoms with Crippen LogP contribution in [0.3, 0.4) is 0 Å². The Labute approximate surface area is 461 Å². The third kappa shape index (κ3) is 14.5. The minimum Gasteiger partial charge on any atom is -0.507 e. The predicted octanol–water partition coefficient (Wildman–Crippen LogP) is 19.0. The number of thioether (sulfide) groups is 4. The van der Waals surface area contributed by atoms with Gasteiger partial charge in [0.05, 0.1) is 14.8 Å². The lowest BCUT2D eigenvalue weighted by Gasteiger charge is -2.37. The fourth-order valence-corrected chi connectivity index (χ4v) is 15.3. The average Bonchev–Trinajstić information content (AvgIpc) is 3.19. The highest BCUT2D eigenvalue weighted by Crippen LogP contribution is 2.55. The van der Waals surface area contributed by atoms with E-state index >= 15 is 0 Å². The Morgan fingerprint density at radius 2 is 0.685 bits per heavy atom. The molecule has 0 atom stereocenters. The number of hydrogen-bond acceptors (Lipinski definition) is 9. The second kappa shape index (κ2) is 21.0. The molecule has 1 heterocycles. The van der Waals surface area contributed by atoms with Crippen molar-refractivity contribution in [2.75, 3.05) is 13.2 Å². The third-order valence-corrected chi connectivity index (χ3v) is 19.9. The molecule has 0 saturated heterocycles. The summed E-state index contributed by atoms with van der Waals surface area (Å²) < 4.78 is 5.82. The highest BCUT2D eigenvalue weighted by molar-refractivity contribution is 8.18. The lowest BCUT2D eigenvalue weighted by Crippen LogP contribution is -2.29. The Morgan fingerprint density at radius 1 is 0.411 bits per heavy atom. The quantitative estimate of drug-likeness (QED) is 0.0647. The van der Waals surface area contributed by atoms with Crippen molar-refractivity contribution in [1.82, 2.24) is 0 Å². The molecule has 4 N–H and O–H groups in total.